The molecule has 6 heteroatoms. The van der Waals surface area contributed by atoms with E-state index in [2.05, 4.69) is 5.16 Å². The van der Waals surface area contributed by atoms with E-state index in [0.717, 1.165) is 11.1 Å². The van der Waals surface area contributed by atoms with Gasteiger partial charge in [0.15, 0.2) is 6.10 Å². The summed E-state index contributed by atoms with van der Waals surface area (Å²) in [7, 11) is 0. The van der Waals surface area contributed by atoms with E-state index in [0.29, 0.717) is 25.2 Å². The number of nitrogens with zero attached hydrogens (tertiary/aromatic N) is 2. The maximum Gasteiger partial charge on any atom is 0.254 e. The number of carbonyl (C=O) groups is 1. The zero-order valence-corrected chi connectivity index (χ0v) is 16.2. The van der Waals surface area contributed by atoms with E-state index in [1.807, 2.05) is 30.3 Å². The Morgan fingerprint density at radius 3 is 2.47 bits per heavy atom. The molecule has 1 amide bonds. The molecule has 1 atom stereocenters. The lowest BCUT2D eigenvalue weighted by molar-refractivity contribution is 0.0405. The van der Waals surface area contributed by atoms with Gasteiger partial charge in [0.25, 0.3) is 5.91 Å². The molecule has 0 unspecified atom stereocenters. The Kier molecular flexibility index (Phi) is 5.84. The first-order valence-corrected chi connectivity index (χ1v) is 9.66. The van der Waals surface area contributed by atoms with Crippen LogP contribution in [0, 0.1) is 11.6 Å². The van der Waals surface area contributed by atoms with Gasteiger partial charge in [-0.15, -0.1) is 0 Å². The molecular weight excluding hydrogens is 386 g/mol. The predicted molar refractivity (Wildman–Crippen MR) is 110 cm³/mol. The van der Waals surface area contributed by atoms with E-state index in [-0.39, 0.29) is 23.4 Å². The summed E-state index contributed by atoms with van der Waals surface area (Å²) in [6, 6.07) is 21.3. The summed E-state index contributed by atoms with van der Waals surface area (Å²) in [4.78, 5) is 20.3. The Hall–Kier alpha value is -3.54. The number of hydrogen-bond acceptors (Lipinski definition) is 3. The SMILES string of the molecule is O=C(c1cccc(F)c1)N(Cc1ccccc1)C[C@@H]1CC(c2ccc(F)cc2)=NO1. The highest BCUT2D eigenvalue weighted by Crippen LogP contribution is 2.20. The third-order valence-corrected chi connectivity index (χ3v) is 4.91. The minimum absolute atomic E-state index is 0.280. The normalized spacial score (nSPS) is 15.4. The molecule has 0 bridgehead atoms. The fourth-order valence-corrected chi connectivity index (χ4v) is 3.41. The van der Waals surface area contributed by atoms with E-state index in [1.165, 1.54) is 30.3 Å². The Balaban J connectivity index is 1.50. The monoisotopic (exact) mass is 406 g/mol. The summed E-state index contributed by atoms with van der Waals surface area (Å²) in [5.41, 5.74) is 2.73. The van der Waals surface area contributed by atoms with Gasteiger partial charge in [-0.3, -0.25) is 4.79 Å². The van der Waals surface area contributed by atoms with Gasteiger partial charge in [-0.25, -0.2) is 8.78 Å². The van der Waals surface area contributed by atoms with Crippen molar-refractivity contribution in [2.75, 3.05) is 6.54 Å². The number of halogens is 2. The molecule has 4 rings (SSSR count). The van der Waals surface area contributed by atoms with Crippen LogP contribution in [0.3, 0.4) is 0 Å². The third-order valence-electron chi connectivity index (χ3n) is 4.91. The van der Waals surface area contributed by atoms with Gasteiger partial charge in [-0.1, -0.05) is 53.7 Å². The molecule has 152 valence electrons. The van der Waals surface area contributed by atoms with Crippen molar-refractivity contribution in [1.82, 2.24) is 4.90 Å². The van der Waals surface area contributed by atoms with Gasteiger partial charge >= 0.3 is 0 Å². The Labute approximate surface area is 173 Å². The van der Waals surface area contributed by atoms with E-state index >= 15 is 0 Å². The van der Waals surface area contributed by atoms with Gasteiger partial charge < -0.3 is 9.74 Å². The standard InChI is InChI=1S/C24H20F2N2O2/c25-20-11-9-18(10-12-20)23-14-22(30-27-23)16-28(15-17-5-2-1-3-6-17)24(29)19-7-4-8-21(26)13-19/h1-13,22H,14-16H2/t22-/m0/s1. The maximum absolute atomic E-state index is 13.6. The van der Waals surface area contributed by atoms with Crippen LogP contribution in [0.2, 0.25) is 0 Å². The number of hydrogen-bond donors (Lipinski definition) is 0. The average molecular weight is 406 g/mol. The smallest absolute Gasteiger partial charge is 0.254 e. The molecule has 30 heavy (non-hydrogen) atoms. The van der Waals surface area contributed by atoms with Crippen molar-refractivity contribution in [2.24, 2.45) is 5.16 Å². The van der Waals surface area contributed by atoms with Crippen LogP contribution in [0.4, 0.5) is 8.78 Å². The first-order chi connectivity index (χ1) is 14.6. The van der Waals surface area contributed by atoms with Crippen LogP contribution in [0.1, 0.15) is 27.9 Å². The summed E-state index contributed by atoms with van der Waals surface area (Å²) in [6.07, 6.45) is 0.152. The Bertz CT molecular complexity index is 1050. The molecule has 0 aliphatic carbocycles. The quantitative estimate of drug-likeness (QED) is 0.590. The van der Waals surface area contributed by atoms with Crippen LogP contribution in [0.25, 0.3) is 0 Å². The highest BCUT2D eigenvalue weighted by molar-refractivity contribution is 6.01. The van der Waals surface area contributed by atoms with Crippen molar-refractivity contribution < 1.29 is 18.4 Å². The summed E-state index contributed by atoms with van der Waals surface area (Å²) >= 11 is 0. The van der Waals surface area contributed by atoms with Gasteiger partial charge in [0.2, 0.25) is 0 Å². The molecule has 1 aliphatic heterocycles. The first kappa shape index (κ1) is 19.8. The van der Waals surface area contributed by atoms with Gasteiger partial charge in [0, 0.05) is 18.5 Å². The van der Waals surface area contributed by atoms with Gasteiger partial charge in [0.1, 0.15) is 11.6 Å². The summed E-state index contributed by atoms with van der Waals surface area (Å²) < 4.78 is 26.8. The molecule has 4 nitrogen and oxygen atoms in total. The lowest BCUT2D eigenvalue weighted by Crippen LogP contribution is -2.37. The fourth-order valence-electron chi connectivity index (χ4n) is 3.41. The van der Waals surface area contributed by atoms with Crippen LogP contribution in [0.5, 0.6) is 0 Å². The Morgan fingerprint density at radius 2 is 1.73 bits per heavy atom. The summed E-state index contributed by atoms with van der Waals surface area (Å²) in [5, 5.41) is 4.12. The minimum Gasteiger partial charge on any atom is -0.390 e. The highest BCUT2D eigenvalue weighted by Gasteiger charge is 2.27. The van der Waals surface area contributed by atoms with Crippen LogP contribution >= 0.6 is 0 Å². The molecule has 3 aromatic carbocycles. The zero-order valence-electron chi connectivity index (χ0n) is 16.2. The van der Waals surface area contributed by atoms with Crippen molar-refractivity contribution in [1.29, 1.82) is 0 Å². The molecule has 3 aromatic rings. The van der Waals surface area contributed by atoms with E-state index in [1.54, 1.807) is 23.1 Å². The Morgan fingerprint density at radius 1 is 0.967 bits per heavy atom. The van der Waals surface area contributed by atoms with Crippen LogP contribution in [-0.4, -0.2) is 29.2 Å². The number of benzene rings is 3. The molecule has 0 aromatic heterocycles. The number of rotatable bonds is 6. The van der Waals surface area contributed by atoms with Crippen molar-refractivity contribution >= 4 is 11.6 Å². The lowest BCUT2D eigenvalue weighted by atomic mass is 10.0. The zero-order chi connectivity index (χ0) is 20.9. The molecule has 0 saturated heterocycles. The number of amides is 1. The summed E-state index contributed by atoms with van der Waals surface area (Å²) in [5.74, 6) is -1.05. The van der Waals surface area contributed by atoms with Crippen molar-refractivity contribution in [3.8, 4) is 0 Å². The van der Waals surface area contributed by atoms with Gasteiger partial charge in [-0.2, -0.15) is 0 Å². The van der Waals surface area contributed by atoms with E-state index in [9.17, 15) is 13.6 Å². The second-order valence-corrected chi connectivity index (χ2v) is 7.16. The molecule has 0 fully saturated rings. The molecule has 0 saturated carbocycles. The molecule has 0 spiro atoms. The first-order valence-electron chi connectivity index (χ1n) is 9.66. The number of oxime groups is 1. The number of carbonyl (C=O) groups excluding carboxylic acids is 1. The summed E-state index contributed by atoms with van der Waals surface area (Å²) in [6.45, 7) is 0.653. The van der Waals surface area contributed by atoms with E-state index < -0.39 is 5.82 Å². The van der Waals surface area contributed by atoms with Crippen molar-refractivity contribution in [2.45, 2.75) is 19.1 Å². The molecule has 1 heterocycles. The fraction of sp³-hybridized carbons (Fsp3) is 0.167. The van der Waals surface area contributed by atoms with Crippen molar-refractivity contribution in [3.63, 3.8) is 0 Å². The van der Waals surface area contributed by atoms with Gasteiger partial charge in [0.05, 0.1) is 12.3 Å². The molecular formula is C24H20F2N2O2. The third kappa shape index (κ3) is 4.71. The topological polar surface area (TPSA) is 41.9 Å². The molecule has 0 N–H and O–H groups in total. The lowest BCUT2D eigenvalue weighted by Gasteiger charge is -2.25. The maximum atomic E-state index is 13.6. The van der Waals surface area contributed by atoms with Crippen LogP contribution < -0.4 is 0 Å². The second kappa shape index (κ2) is 8.86. The van der Waals surface area contributed by atoms with Gasteiger partial charge in [-0.05, 0) is 41.5 Å². The predicted octanol–water partition coefficient (Wildman–Crippen LogP) is 4.80. The van der Waals surface area contributed by atoms with E-state index in [4.69, 9.17) is 4.84 Å². The second-order valence-electron chi connectivity index (χ2n) is 7.16. The molecule has 0 radical (unpaired) electrons. The minimum atomic E-state index is -0.459. The largest absolute Gasteiger partial charge is 0.390 e. The van der Waals surface area contributed by atoms with Crippen LogP contribution in [-0.2, 0) is 11.4 Å². The van der Waals surface area contributed by atoms with Crippen LogP contribution in [0.15, 0.2) is 84.0 Å². The highest BCUT2D eigenvalue weighted by atomic mass is 19.1. The average Bonchev–Trinajstić information content (AvgIpc) is 3.22. The molecule has 1 aliphatic rings. The van der Waals surface area contributed by atoms with Crippen molar-refractivity contribution in [3.05, 3.63) is 107 Å².